The average molecular weight is 286 g/mol. The van der Waals surface area contributed by atoms with Crippen LogP contribution in [0, 0.1) is 0 Å². The molecule has 0 saturated carbocycles. The van der Waals surface area contributed by atoms with E-state index in [0.29, 0.717) is 6.42 Å². The summed E-state index contributed by atoms with van der Waals surface area (Å²) in [5.74, 6) is -2.62. The summed E-state index contributed by atoms with van der Waals surface area (Å²) in [6.45, 7) is 3.31. The Balaban J connectivity index is 2.68. The third kappa shape index (κ3) is 4.22. The van der Waals surface area contributed by atoms with E-state index < -0.39 is 29.9 Å². The van der Waals surface area contributed by atoms with E-state index in [1.807, 2.05) is 0 Å². The van der Waals surface area contributed by atoms with Gasteiger partial charge in [0.2, 0.25) is 17.9 Å². The topological polar surface area (TPSA) is 111 Å². The van der Waals surface area contributed by atoms with Gasteiger partial charge in [0.25, 0.3) is 0 Å². The zero-order valence-electron chi connectivity index (χ0n) is 11.4. The maximum atomic E-state index is 11.9. The van der Waals surface area contributed by atoms with E-state index >= 15 is 0 Å². The lowest BCUT2D eigenvalue weighted by molar-refractivity contribution is -0.159. The third-order valence-corrected chi connectivity index (χ3v) is 2.64. The van der Waals surface area contributed by atoms with Crippen LogP contribution >= 0.6 is 0 Å². The van der Waals surface area contributed by atoms with Crippen LogP contribution in [0.15, 0.2) is 0 Å². The van der Waals surface area contributed by atoms with Gasteiger partial charge in [-0.3, -0.25) is 9.59 Å². The fourth-order valence-corrected chi connectivity index (χ4v) is 1.72. The molecule has 112 valence electrons. The molecule has 8 heteroatoms. The van der Waals surface area contributed by atoms with Gasteiger partial charge >= 0.3 is 11.9 Å². The third-order valence-electron chi connectivity index (χ3n) is 2.64. The van der Waals surface area contributed by atoms with Crippen molar-refractivity contribution in [2.45, 2.75) is 38.8 Å². The van der Waals surface area contributed by atoms with E-state index in [4.69, 9.17) is 9.47 Å². The summed E-state index contributed by atoms with van der Waals surface area (Å²) >= 11 is 0. The minimum absolute atomic E-state index is 0.0742. The Kier molecular flexibility index (Phi) is 5.95. The van der Waals surface area contributed by atoms with Crippen molar-refractivity contribution in [1.82, 2.24) is 10.6 Å². The molecule has 1 saturated heterocycles. The van der Waals surface area contributed by atoms with E-state index in [1.54, 1.807) is 13.8 Å². The Morgan fingerprint density at radius 3 is 2.20 bits per heavy atom. The van der Waals surface area contributed by atoms with E-state index in [-0.39, 0.29) is 25.5 Å². The quantitative estimate of drug-likeness (QED) is 0.472. The minimum Gasteiger partial charge on any atom is -0.464 e. The lowest BCUT2D eigenvalue weighted by Gasteiger charge is -2.18. The van der Waals surface area contributed by atoms with Crippen molar-refractivity contribution in [3.05, 3.63) is 0 Å². The molecule has 0 radical (unpaired) electrons. The van der Waals surface area contributed by atoms with Gasteiger partial charge in [-0.15, -0.1) is 0 Å². The molecule has 0 aromatic rings. The van der Waals surface area contributed by atoms with Gasteiger partial charge in [-0.1, -0.05) is 0 Å². The fraction of sp³-hybridized carbons (Fsp3) is 0.667. The number of amides is 2. The number of ether oxygens (including phenoxy) is 2. The molecular formula is C12H18N2O6. The Bertz CT molecular complexity index is 391. The Morgan fingerprint density at radius 1 is 1.25 bits per heavy atom. The second-order valence-corrected chi connectivity index (χ2v) is 4.10. The van der Waals surface area contributed by atoms with Gasteiger partial charge < -0.3 is 20.1 Å². The van der Waals surface area contributed by atoms with Crippen LogP contribution in [0.5, 0.6) is 0 Å². The molecule has 2 N–H and O–H groups in total. The van der Waals surface area contributed by atoms with Crippen molar-refractivity contribution in [3.8, 4) is 0 Å². The van der Waals surface area contributed by atoms with Gasteiger partial charge in [-0.25, -0.2) is 9.59 Å². The first-order chi connectivity index (χ1) is 9.49. The molecule has 2 amide bonds. The lowest BCUT2D eigenvalue weighted by Crippen LogP contribution is -2.53. The zero-order valence-corrected chi connectivity index (χ0v) is 11.4. The van der Waals surface area contributed by atoms with Crippen LogP contribution < -0.4 is 10.6 Å². The molecule has 0 aliphatic carbocycles. The van der Waals surface area contributed by atoms with Crippen molar-refractivity contribution in [2.75, 3.05) is 13.2 Å². The summed E-state index contributed by atoms with van der Waals surface area (Å²) in [4.78, 5) is 46.2. The summed E-state index contributed by atoms with van der Waals surface area (Å²) in [6, 6.07) is -2.26. The van der Waals surface area contributed by atoms with Crippen LogP contribution in [0.1, 0.15) is 26.7 Å². The summed E-state index contributed by atoms with van der Waals surface area (Å²) in [5, 5.41) is 4.69. The number of nitrogens with one attached hydrogen (secondary N) is 2. The van der Waals surface area contributed by atoms with E-state index in [0.717, 1.165) is 0 Å². The molecule has 1 rings (SSSR count). The molecule has 0 unspecified atom stereocenters. The number of carbonyl (C=O) groups excluding carboxylic acids is 4. The van der Waals surface area contributed by atoms with Gasteiger partial charge in [-0.2, -0.15) is 0 Å². The van der Waals surface area contributed by atoms with E-state index in [1.165, 1.54) is 0 Å². The van der Waals surface area contributed by atoms with Crippen LogP contribution in [0.25, 0.3) is 0 Å². The Labute approximate surface area is 116 Å². The molecule has 1 aliphatic rings. The number of hydrogen-bond acceptors (Lipinski definition) is 6. The molecule has 1 aliphatic heterocycles. The zero-order chi connectivity index (χ0) is 15.1. The molecular weight excluding hydrogens is 268 g/mol. The highest BCUT2D eigenvalue weighted by Gasteiger charge is 2.35. The van der Waals surface area contributed by atoms with Gasteiger partial charge in [-0.05, 0) is 20.3 Å². The molecule has 8 nitrogen and oxygen atoms in total. The maximum absolute atomic E-state index is 11.9. The number of hydrogen-bond donors (Lipinski definition) is 2. The maximum Gasteiger partial charge on any atom is 0.340 e. The van der Waals surface area contributed by atoms with Crippen molar-refractivity contribution in [1.29, 1.82) is 0 Å². The van der Waals surface area contributed by atoms with E-state index in [9.17, 15) is 19.2 Å². The Hall–Kier alpha value is -2.12. The average Bonchev–Trinajstić information content (AvgIpc) is 2.83. The van der Waals surface area contributed by atoms with Crippen molar-refractivity contribution >= 4 is 23.8 Å². The molecule has 20 heavy (non-hydrogen) atoms. The second-order valence-electron chi connectivity index (χ2n) is 4.10. The molecule has 1 heterocycles. The molecule has 0 aromatic carbocycles. The Morgan fingerprint density at radius 2 is 1.80 bits per heavy atom. The van der Waals surface area contributed by atoms with Crippen LogP contribution in [0.4, 0.5) is 0 Å². The highest BCUT2D eigenvalue weighted by molar-refractivity contribution is 6.03. The summed E-state index contributed by atoms with van der Waals surface area (Å²) in [7, 11) is 0. The predicted octanol–water partition coefficient (Wildman–Crippen LogP) is -1.12. The van der Waals surface area contributed by atoms with Gasteiger partial charge in [0.1, 0.15) is 6.04 Å². The van der Waals surface area contributed by atoms with Gasteiger partial charge in [0.05, 0.1) is 13.2 Å². The van der Waals surface area contributed by atoms with Gasteiger partial charge in [0, 0.05) is 6.42 Å². The normalized spacial score (nSPS) is 17.6. The number of esters is 2. The van der Waals surface area contributed by atoms with Crippen LogP contribution in [0.3, 0.4) is 0 Å². The lowest BCUT2D eigenvalue weighted by atomic mass is 10.2. The van der Waals surface area contributed by atoms with E-state index in [2.05, 4.69) is 10.6 Å². The monoisotopic (exact) mass is 286 g/mol. The summed E-state index contributed by atoms with van der Waals surface area (Å²) in [5.41, 5.74) is 0. The van der Waals surface area contributed by atoms with Crippen molar-refractivity contribution in [2.24, 2.45) is 0 Å². The molecule has 0 bridgehead atoms. The van der Waals surface area contributed by atoms with Crippen molar-refractivity contribution < 1.29 is 28.7 Å². The standard InChI is InChI=1S/C12H18N2O6/c1-3-19-11(17)9(12(18)20-4-2)14-10(16)7-5-6-8(15)13-7/h7,9H,3-6H2,1-2H3,(H,13,15)(H,14,16)/t7-/m0/s1. The van der Waals surface area contributed by atoms with Crippen LogP contribution in [-0.2, 0) is 28.7 Å². The molecule has 1 fully saturated rings. The molecule has 0 aromatic heterocycles. The van der Waals surface area contributed by atoms with Crippen molar-refractivity contribution in [3.63, 3.8) is 0 Å². The first-order valence-corrected chi connectivity index (χ1v) is 6.42. The first kappa shape index (κ1) is 15.9. The smallest absolute Gasteiger partial charge is 0.340 e. The fourth-order valence-electron chi connectivity index (χ4n) is 1.72. The van der Waals surface area contributed by atoms with Crippen LogP contribution in [-0.4, -0.2) is 49.1 Å². The number of carbonyl (C=O) groups is 4. The summed E-state index contributed by atoms with van der Waals surface area (Å²) < 4.78 is 9.43. The molecule has 0 spiro atoms. The van der Waals surface area contributed by atoms with Gasteiger partial charge in [0.15, 0.2) is 0 Å². The SMILES string of the molecule is CCOC(=O)C(NC(=O)[C@@H]1CCC(=O)N1)C(=O)OCC. The molecule has 1 atom stereocenters. The highest BCUT2D eigenvalue weighted by Crippen LogP contribution is 2.07. The van der Waals surface area contributed by atoms with Crippen LogP contribution in [0.2, 0.25) is 0 Å². The largest absolute Gasteiger partial charge is 0.464 e. The summed E-state index contributed by atoms with van der Waals surface area (Å²) in [6.07, 6.45) is 0.560. The minimum atomic E-state index is -1.51. The number of rotatable bonds is 6. The first-order valence-electron chi connectivity index (χ1n) is 6.42. The second kappa shape index (κ2) is 7.46. The highest BCUT2D eigenvalue weighted by atomic mass is 16.6. The predicted molar refractivity (Wildman–Crippen MR) is 66.4 cm³/mol.